The van der Waals surface area contributed by atoms with Crippen molar-refractivity contribution in [2.45, 2.75) is 47.5 Å². The lowest BCUT2D eigenvalue weighted by atomic mass is 9.83. The van der Waals surface area contributed by atoms with Crippen LogP contribution in [0.5, 0.6) is 0 Å². The van der Waals surface area contributed by atoms with Gasteiger partial charge in [0.15, 0.2) is 0 Å². The maximum atomic E-state index is 3.85. The van der Waals surface area contributed by atoms with E-state index in [1.807, 2.05) is 26.0 Å². The van der Waals surface area contributed by atoms with Crippen molar-refractivity contribution in [3.8, 4) is 22.3 Å². The van der Waals surface area contributed by atoms with E-state index in [4.69, 9.17) is 0 Å². The minimum atomic E-state index is 0.497. The Bertz CT molecular complexity index is 1990. The molecule has 240 valence electrons. The first-order chi connectivity index (χ1) is 23.6. The van der Waals surface area contributed by atoms with Gasteiger partial charge in [0.2, 0.25) is 0 Å². The molecule has 0 radical (unpaired) electrons. The number of allylic oxidation sites excluding steroid dienone is 16. The van der Waals surface area contributed by atoms with Gasteiger partial charge in [-0.05, 0) is 99.0 Å². The molecule has 1 atom stereocenters. The quantitative estimate of drug-likeness (QED) is 0.171. The molecule has 0 amide bonds. The maximum Gasteiger partial charge on any atom is -0.00297 e. The highest BCUT2D eigenvalue weighted by Crippen LogP contribution is 2.43. The summed E-state index contributed by atoms with van der Waals surface area (Å²) in [5, 5.41) is 2.52. The van der Waals surface area contributed by atoms with Crippen LogP contribution in [0.25, 0.3) is 50.2 Å². The first-order valence-electron chi connectivity index (χ1n) is 17.4. The monoisotopic (exact) mass is 624 g/mol. The van der Waals surface area contributed by atoms with Crippen LogP contribution in [-0.4, -0.2) is 0 Å². The van der Waals surface area contributed by atoms with Crippen molar-refractivity contribution in [3.63, 3.8) is 0 Å². The summed E-state index contributed by atoms with van der Waals surface area (Å²) in [7, 11) is 0. The zero-order valence-corrected chi connectivity index (χ0v) is 29.2. The van der Waals surface area contributed by atoms with Gasteiger partial charge in [-0.2, -0.15) is 0 Å². The van der Waals surface area contributed by atoms with E-state index in [0.717, 1.165) is 12.8 Å². The van der Waals surface area contributed by atoms with Gasteiger partial charge in [-0.15, -0.1) is 0 Å². The van der Waals surface area contributed by atoms with Gasteiger partial charge < -0.3 is 0 Å². The molecular formula is C48H48. The average molecular weight is 625 g/mol. The van der Waals surface area contributed by atoms with E-state index in [-0.39, 0.29) is 0 Å². The summed E-state index contributed by atoms with van der Waals surface area (Å²) in [6.45, 7) is 14.5. The van der Waals surface area contributed by atoms with Crippen molar-refractivity contribution in [2.75, 3.05) is 0 Å². The molecule has 0 spiro atoms. The highest BCUT2D eigenvalue weighted by molar-refractivity contribution is 6.10. The van der Waals surface area contributed by atoms with Crippen molar-refractivity contribution >= 4 is 28.0 Å². The highest BCUT2D eigenvalue weighted by Gasteiger charge is 2.18. The Morgan fingerprint density at radius 2 is 1.29 bits per heavy atom. The predicted molar refractivity (Wildman–Crippen MR) is 215 cm³/mol. The summed E-state index contributed by atoms with van der Waals surface area (Å²) < 4.78 is 0. The summed E-state index contributed by atoms with van der Waals surface area (Å²) in [6.07, 6.45) is 32.5. The van der Waals surface area contributed by atoms with Crippen molar-refractivity contribution in [3.05, 3.63) is 186 Å². The number of hydrogen-bond donors (Lipinski definition) is 0. The standard InChI is InChI=1S/C46H42.C2H6/c1-5-7-8-9-18-42-34(4)45(40-29-25-39(26-30-40)37-17-13-15-35(6-2)22-24-37)43-19-10-11-20-44(43)46(42)41-31-27-38(28-32-41)36-16-12-14-33(3)21-23-36;1-2/h5,7-20,22-32,35H,1,6,21H2,2-4H3;1-2H3/b8-7+,18-9-;. The number of rotatable bonds is 8. The number of hydrogen-bond acceptors (Lipinski definition) is 0. The Kier molecular flexibility index (Phi) is 11.8. The second-order valence-corrected chi connectivity index (χ2v) is 12.1. The minimum absolute atomic E-state index is 0.497. The molecule has 0 saturated carbocycles. The molecule has 0 heteroatoms. The topological polar surface area (TPSA) is 0 Å². The number of fused-ring (bicyclic) bond motifs is 1. The smallest absolute Gasteiger partial charge is 0.00297 e. The summed E-state index contributed by atoms with van der Waals surface area (Å²) in [6, 6.07) is 27.1. The second kappa shape index (κ2) is 16.6. The Morgan fingerprint density at radius 1 is 0.667 bits per heavy atom. The Morgan fingerprint density at radius 3 is 1.96 bits per heavy atom. The van der Waals surface area contributed by atoms with Gasteiger partial charge in [0.25, 0.3) is 0 Å². The van der Waals surface area contributed by atoms with E-state index in [9.17, 15) is 0 Å². The third kappa shape index (κ3) is 7.67. The first-order valence-corrected chi connectivity index (χ1v) is 17.4. The lowest BCUT2D eigenvalue weighted by Gasteiger charge is -2.20. The first kappa shape index (κ1) is 34.1. The van der Waals surface area contributed by atoms with Crippen LogP contribution >= 0.6 is 0 Å². The average Bonchev–Trinajstić information content (AvgIpc) is 3.52. The van der Waals surface area contributed by atoms with Crippen LogP contribution in [0.1, 0.15) is 62.8 Å². The minimum Gasteiger partial charge on any atom is -0.0991 e. The highest BCUT2D eigenvalue weighted by atomic mass is 14.2. The van der Waals surface area contributed by atoms with Crippen LogP contribution in [0.15, 0.2) is 164 Å². The molecule has 2 aliphatic carbocycles. The molecule has 0 aliphatic heterocycles. The maximum absolute atomic E-state index is 3.85. The van der Waals surface area contributed by atoms with Crippen molar-refractivity contribution < 1.29 is 0 Å². The SMILES string of the molecule is C=C/C=C/C=C\c1c(C)c(-c2ccc(C3=CC=CC(CC)C=C3)cc2)c2ccccc2c1-c1ccc(C2=CCC(C)=CC=C2)cc1.CC. The summed E-state index contributed by atoms with van der Waals surface area (Å²) in [4.78, 5) is 0. The Balaban J connectivity index is 0.00000221. The van der Waals surface area contributed by atoms with E-state index in [1.54, 1.807) is 0 Å². The van der Waals surface area contributed by atoms with Gasteiger partial charge in [0.05, 0.1) is 0 Å². The predicted octanol–water partition coefficient (Wildman–Crippen LogP) is 14.1. The third-order valence-corrected chi connectivity index (χ3v) is 9.08. The van der Waals surface area contributed by atoms with Gasteiger partial charge in [0.1, 0.15) is 0 Å². The summed E-state index contributed by atoms with van der Waals surface area (Å²) in [5.74, 6) is 0.497. The molecule has 0 nitrogen and oxygen atoms in total. The lowest BCUT2D eigenvalue weighted by Crippen LogP contribution is -1.96. The molecule has 0 aromatic heterocycles. The lowest BCUT2D eigenvalue weighted by molar-refractivity contribution is 0.775. The molecule has 0 heterocycles. The van der Waals surface area contributed by atoms with Crippen LogP contribution in [0.3, 0.4) is 0 Å². The van der Waals surface area contributed by atoms with Crippen LogP contribution < -0.4 is 0 Å². The molecule has 2 aliphatic rings. The summed E-state index contributed by atoms with van der Waals surface area (Å²) >= 11 is 0. The molecule has 6 rings (SSSR count). The van der Waals surface area contributed by atoms with Crippen molar-refractivity contribution in [1.29, 1.82) is 0 Å². The van der Waals surface area contributed by atoms with E-state index in [1.165, 1.54) is 72.0 Å². The molecule has 0 N–H and O–H groups in total. The van der Waals surface area contributed by atoms with Gasteiger partial charge in [-0.3, -0.25) is 0 Å². The molecule has 4 aromatic carbocycles. The molecule has 0 saturated heterocycles. The van der Waals surface area contributed by atoms with Crippen molar-refractivity contribution in [2.24, 2.45) is 5.92 Å². The number of benzene rings is 4. The summed E-state index contributed by atoms with van der Waals surface area (Å²) in [5.41, 5.74) is 13.9. The van der Waals surface area contributed by atoms with E-state index in [2.05, 4.69) is 173 Å². The van der Waals surface area contributed by atoms with Crippen LogP contribution in [0.4, 0.5) is 0 Å². The fourth-order valence-corrected chi connectivity index (χ4v) is 6.48. The van der Waals surface area contributed by atoms with E-state index in [0.29, 0.717) is 5.92 Å². The fraction of sp³-hybridized carbons (Fsp3) is 0.167. The molecule has 48 heavy (non-hydrogen) atoms. The third-order valence-electron chi connectivity index (χ3n) is 9.08. The molecule has 1 unspecified atom stereocenters. The van der Waals surface area contributed by atoms with Crippen LogP contribution in [-0.2, 0) is 0 Å². The zero-order valence-electron chi connectivity index (χ0n) is 29.2. The van der Waals surface area contributed by atoms with Gasteiger partial charge >= 0.3 is 0 Å². The molecular weight excluding hydrogens is 577 g/mol. The second-order valence-electron chi connectivity index (χ2n) is 12.1. The van der Waals surface area contributed by atoms with E-state index < -0.39 is 0 Å². The van der Waals surface area contributed by atoms with Gasteiger partial charge in [0, 0.05) is 0 Å². The zero-order chi connectivity index (χ0) is 33.9. The molecule has 0 bridgehead atoms. The van der Waals surface area contributed by atoms with Gasteiger partial charge in [-0.25, -0.2) is 0 Å². The largest absolute Gasteiger partial charge is 0.0991 e. The Hall–Kier alpha value is -5.20. The van der Waals surface area contributed by atoms with Crippen LogP contribution in [0.2, 0.25) is 0 Å². The normalized spacial score (nSPS) is 15.9. The van der Waals surface area contributed by atoms with Crippen LogP contribution in [0, 0.1) is 12.8 Å². The fourth-order valence-electron chi connectivity index (χ4n) is 6.48. The molecule has 0 fully saturated rings. The van der Waals surface area contributed by atoms with Crippen molar-refractivity contribution in [1.82, 2.24) is 0 Å². The Labute approximate surface area is 289 Å². The van der Waals surface area contributed by atoms with Gasteiger partial charge in [-0.1, -0.05) is 191 Å². The molecule has 4 aromatic rings. The van der Waals surface area contributed by atoms with E-state index >= 15 is 0 Å².